The van der Waals surface area contributed by atoms with E-state index in [1.165, 1.54) is 11.1 Å². The maximum atomic E-state index is 10.1. The number of likely N-dealkylation sites (tertiary alicyclic amines) is 1. The molecule has 3 aromatic carbocycles. The van der Waals surface area contributed by atoms with Gasteiger partial charge in [0, 0.05) is 24.5 Å². The maximum Gasteiger partial charge on any atom is 0.300 e. The Hall–Kier alpha value is -2.66. The fourth-order valence-corrected chi connectivity index (χ4v) is 4.82. The molecule has 5 heteroatoms. The Kier molecular flexibility index (Phi) is 7.85. The van der Waals surface area contributed by atoms with Gasteiger partial charge in [0.2, 0.25) is 0 Å². The zero-order valence-corrected chi connectivity index (χ0v) is 18.4. The van der Waals surface area contributed by atoms with Crippen LogP contribution in [0.2, 0.25) is 5.02 Å². The van der Waals surface area contributed by atoms with Gasteiger partial charge in [-0.25, -0.2) is 0 Å². The Morgan fingerprint density at radius 2 is 1.45 bits per heavy atom. The van der Waals surface area contributed by atoms with E-state index in [0.29, 0.717) is 0 Å². The standard InChI is InChI=1S/C24H24ClNO.C2H4O2/c25-23-16-8-7-15-22(23)24(19-10-3-1-4-11-19,20-12-5-2-6-13-20)26-17-9-14-21(26)18-27;1-2(3)4/h1-8,10-13,15-16,21,27H,9,14,17-18H2;1H3,(H,3,4)/t21-;/m0./s1. The van der Waals surface area contributed by atoms with E-state index in [0.717, 1.165) is 36.9 Å². The molecule has 1 saturated heterocycles. The van der Waals surface area contributed by atoms with Gasteiger partial charge in [0.25, 0.3) is 5.97 Å². The van der Waals surface area contributed by atoms with E-state index < -0.39 is 11.5 Å². The molecule has 0 aliphatic carbocycles. The van der Waals surface area contributed by atoms with Crippen LogP contribution in [-0.2, 0) is 10.3 Å². The second-order valence-corrected chi connectivity index (χ2v) is 8.02. The van der Waals surface area contributed by atoms with Crippen molar-refractivity contribution < 1.29 is 15.0 Å². The third-order valence-electron chi connectivity index (χ3n) is 5.67. The molecule has 1 aliphatic heterocycles. The molecule has 3 aromatic rings. The Bertz CT molecular complexity index is 935. The van der Waals surface area contributed by atoms with Crippen molar-refractivity contribution in [3.63, 3.8) is 0 Å². The second-order valence-electron chi connectivity index (χ2n) is 7.61. The van der Waals surface area contributed by atoms with Crippen LogP contribution < -0.4 is 0 Å². The van der Waals surface area contributed by atoms with Crippen molar-refractivity contribution in [2.24, 2.45) is 0 Å². The van der Waals surface area contributed by atoms with Gasteiger partial charge in [-0.05, 0) is 35.6 Å². The Morgan fingerprint density at radius 3 is 1.94 bits per heavy atom. The summed E-state index contributed by atoms with van der Waals surface area (Å²) in [6.45, 7) is 2.14. The minimum atomic E-state index is -0.833. The van der Waals surface area contributed by atoms with Gasteiger partial charge in [-0.2, -0.15) is 0 Å². The molecule has 2 N–H and O–H groups in total. The number of rotatable bonds is 5. The number of aliphatic carboxylic acids is 1. The number of carboxylic acid groups (broad SMARTS) is 1. The average molecular weight is 438 g/mol. The zero-order chi connectivity index (χ0) is 22.3. The minimum Gasteiger partial charge on any atom is -0.481 e. The number of aliphatic hydroxyl groups excluding tert-OH is 1. The van der Waals surface area contributed by atoms with Crippen LogP contribution in [0.15, 0.2) is 84.9 Å². The fourth-order valence-electron chi connectivity index (χ4n) is 4.54. The largest absolute Gasteiger partial charge is 0.481 e. The lowest BCUT2D eigenvalue weighted by Crippen LogP contribution is -2.51. The van der Waals surface area contributed by atoms with Crippen LogP contribution in [0, 0.1) is 0 Å². The van der Waals surface area contributed by atoms with Crippen molar-refractivity contribution in [1.82, 2.24) is 4.90 Å². The highest BCUT2D eigenvalue weighted by Gasteiger charge is 2.47. The van der Waals surface area contributed by atoms with Crippen molar-refractivity contribution in [3.05, 3.63) is 107 Å². The third-order valence-corrected chi connectivity index (χ3v) is 6.00. The van der Waals surface area contributed by atoms with Crippen LogP contribution in [0.4, 0.5) is 0 Å². The molecule has 0 unspecified atom stereocenters. The first-order valence-corrected chi connectivity index (χ1v) is 10.8. The molecule has 1 fully saturated rings. The number of hydrogen-bond donors (Lipinski definition) is 2. The first kappa shape index (κ1) is 23.0. The second kappa shape index (κ2) is 10.6. The van der Waals surface area contributed by atoms with Gasteiger partial charge in [-0.15, -0.1) is 0 Å². The highest BCUT2D eigenvalue weighted by molar-refractivity contribution is 6.31. The van der Waals surface area contributed by atoms with Gasteiger partial charge in [0.15, 0.2) is 0 Å². The normalized spacial score (nSPS) is 16.4. The summed E-state index contributed by atoms with van der Waals surface area (Å²) in [7, 11) is 0. The molecule has 1 atom stereocenters. The number of carbonyl (C=O) groups is 1. The van der Waals surface area contributed by atoms with Crippen LogP contribution in [0.5, 0.6) is 0 Å². The monoisotopic (exact) mass is 437 g/mol. The summed E-state index contributed by atoms with van der Waals surface area (Å²) in [5, 5.41) is 18.3. The number of benzene rings is 3. The zero-order valence-electron chi connectivity index (χ0n) is 17.6. The molecule has 1 aliphatic rings. The Morgan fingerprint density at radius 1 is 0.968 bits per heavy atom. The van der Waals surface area contributed by atoms with Crippen molar-refractivity contribution >= 4 is 17.6 Å². The molecule has 162 valence electrons. The fraction of sp³-hybridized carbons (Fsp3) is 0.269. The van der Waals surface area contributed by atoms with E-state index in [4.69, 9.17) is 21.5 Å². The summed E-state index contributed by atoms with van der Waals surface area (Å²) in [5.41, 5.74) is 2.86. The quantitative estimate of drug-likeness (QED) is 0.540. The molecular weight excluding hydrogens is 410 g/mol. The van der Waals surface area contributed by atoms with Gasteiger partial charge in [-0.3, -0.25) is 9.69 Å². The molecule has 0 spiro atoms. The lowest BCUT2D eigenvalue weighted by atomic mass is 9.75. The minimum absolute atomic E-state index is 0.0988. The molecule has 1 heterocycles. The lowest BCUT2D eigenvalue weighted by molar-refractivity contribution is -0.134. The van der Waals surface area contributed by atoms with E-state index in [1.54, 1.807) is 0 Å². The first-order valence-electron chi connectivity index (χ1n) is 10.4. The Balaban J connectivity index is 0.000000628. The summed E-state index contributed by atoms with van der Waals surface area (Å²) >= 11 is 6.79. The van der Waals surface area contributed by atoms with Crippen molar-refractivity contribution in [1.29, 1.82) is 0 Å². The lowest BCUT2D eigenvalue weighted by Gasteiger charge is -2.46. The maximum absolute atomic E-state index is 10.1. The van der Waals surface area contributed by atoms with Crippen molar-refractivity contribution in [3.8, 4) is 0 Å². The summed E-state index contributed by atoms with van der Waals surface area (Å²) < 4.78 is 0. The van der Waals surface area contributed by atoms with Crippen LogP contribution in [-0.4, -0.2) is 40.3 Å². The van der Waals surface area contributed by atoms with E-state index >= 15 is 0 Å². The first-order chi connectivity index (χ1) is 15.0. The highest BCUT2D eigenvalue weighted by atomic mass is 35.5. The predicted molar refractivity (Wildman–Crippen MR) is 124 cm³/mol. The summed E-state index contributed by atoms with van der Waals surface area (Å²) in [6.07, 6.45) is 2.06. The van der Waals surface area contributed by atoms with Gasteiger partial charge in [0.05, 0.1) is 12.1 Å². The van der Waals surface area contributed by atoms with E-state index in [1.807, 2.05) is 30.3 Å². The van der Waals surface area contributed by atoms with Gasteiger partial charge >= 0.3 is 0 Å². The topological polar surface area (TPSA) is 60.8 Å². The number of carboxylic acids is 1. The molecule has 0 bridgehead atoms. The summed E-state index contributed by atoms with van der Waals surface area (Å²) in [4.78, 5) is 11.4. The predicted octanol–water partition coefficient (Wildman–Crippen LogP) is 5.18. The van der Waals surface area contributed by atoms with Gasteiger partial charge < -0.3 is 10.2 Å². The average Bonchev–Trinajstić information content (AvgIpc) is 3.26. The van der Waals surface area contributed by atoms with Gasteiger partial charge in [-0.1, -0.05) is 90.5 Å². The number of hydrogen-bond acceptors (Lipinski definition) is 3. The Labute approximate surface area is 188 Å². The molecular formula is C26H28ClNO3. The molecule has 0 aromatic heterocycles. The highest BCUT2D eigenvalue weighted by Crippen LogP contribution is 2.47. The molecule has 0 saturated carbocycles. The molecule has 0 radical (unpaired) electrons. The van der Waals surface area contributed by atoms with Crippen LogP contribution in [0.25, 0.3) is 0 Å². The van der Waals surface area contributed by atoms with E-state index in [-0.39, 0.29) is 12.6 Å². The molecule has 4 nitrogen and oxygen atoms in total. The van der Waals surface area contributed by atoms with Crippen molar-refractivity contribution in [2.75, 3.05) is 13.2 Å². The number of aliphatic hydroxyl groups is 1. The molecule has 0 amide bonds. The van der Waals surface area contributed by atoms with Crippen molar-refractivity contribution in [2.45, 2.75) is 31.3 Å². The smallest absolute Gasteiger partial charge is 0.300 e. The number of nitrogens with zero attached hydrogens (tertiary/aromatic N) is 1. The number of halogens is 1. The van der Waals surface area contributed by atoms with Gasteiger partial charge in [0.1, 0.15) is 0 Å². The van der Waals surface area contributed by atoms with E-state index in [9.17, 15) is 5.11 Å². The van der Waals surface area contributed by atoms with Crippen LogP contribution in [0.1, 0.15) is 36.5 Å². The SMILES string of the molecule is CC(=O)O.OC[C@@H]1CCCN1C(c1ccccc1)(c1ccccc1)c1ccccc1Cl. The summed E-state index contributed by atoms with van der Waals surface area (Å²) in [5.74, 6) is -0.833. The van der Waals surface area contributed by atoms with Crippen LogP contribution in [0.3, 0.4) is 0 Å². The van der Waals surface area contributed by atoms with E-state index in [2.05, 4.69) is 59.5 Å². The summed E-state index contributed by atoms with van der Waals surface area (Å²) in [6, 6.07) is 29.3. The molecule has 4 rings (SSSR count). The third kappa shape index (κ3) is 4.82. The molecule has 31 heavy (non-hydrogen) atoms. The van der Waals surface area contributed by atoms with Crippen LogP contribution >= 0.6 is 11.6 Å².